The number of nitrogens with zero attached hydrogens (tertiary/aromatic N) is 5. The van der Waals surface area contributed by atoms with Crippen molar-refractivity contribution < 1.29 is 0 Å². The Balaban J connectivity index is 1.92. The molecule has 0 atom stereocenters. The van der Waals surface area contributed by atoms with Crippen LogP contribution in [0.2, 0.25) is 0 Å². The second-order valence-electron chi connectivity index (χ2n) is 5.70. The normalized spacial score (nSPS) is 10.7. The van der Waals surface area contributed by atoms with E-state index in [2.05, 4.69) is 40.8 Å². The molecule has 0 aliphatic carbocycles. The zero-order chi connectivity index (χ0) is 17.9. The van der Waals surface area contributed by atoms with Gasteiger partial charge >= 0.3 is 0 Å². The van der Waals surface area contributed by atoms with E-state index in [0.717, 1.165) is 15.6 Å². The Morgan fingerprint density at radius 3 is 1.77 bits per heavy atom. The highest BCUT2D eigenvalue weighted by molar-refractivity contribution is 9.10. The van der Waals surface area contributed by atoms with Crippen LogP contribution in [0.15, 0.2) is 71.5 Å². The summed E-state index contributed by atoms with van der Waals surface area (Å²) < 4.78 is 1.05. The van der Waals surface area contributed by atoms with Gasteiger partial charge < -0.3 is 0 Å². The average molecular weight is 404 g/mol. The molecule has 1 aromatic carbocycles. The SMILES string of the molecule is Cc1cc(-c2nc(-c3ccccn3)nc(-c3ccccn3)n2)ccc1Br. The molecule has 3 heterocycles. The number of hydrogen-bond donors (Lipinski definition) is 0. The van der Waals surface area contributed by atoms with Gasteiger partial charge in [-0.2, -0.15) is 0 Å². The molecule has 0 saturated heterocycles. The van der Waals surface area contributed by atoms with Crippen LogP contribution in [0, 0.1) is 6.92 Å². The second kappa shape index (κ2) is 7.09. The number of pyridine rings is 2. The molecule has 26 heavy (non-hydrogen) atoms. The summed E-state index contributed by atoms with van der Waals surface area (Å²) in [7, 11) is 0. The van der Waals surface area contributed by atoms with Gasteiger partial charge in [-0.25, -0.2) is 15.0 Å². The Morgan fingerprint density at radius 1 is 0.692 bits per heavy atom. The molecule has 5 nitrogen and oxygen atoms in total. The van der Waals surface area contributed by atoms with E-state index in [1.54, 1.807) is 12.4 Å². The molecule has 0 aliphatic heterocycles. The molecule has 0 N–H and O–H groups in total. The van der Waals surface area contributed by atoms with Crippen molar-refractivity contribution in [3.63, 3.8) is 0 Å². The van der Waals surface area contributed by atoms with Crippen molar-refractivity contribution in [3.8, 4) is 34.4 Å². The van der Waals surface area contributed by atoms with Gasteiger partial charge in [0.2, 0.25) is 0 Å². The molecule has 126 valence electrons. The first-order valence-corrected chi connectivity index (χ1v) is 8.85. The fourth-order valence-electron chi connectivity index (χ4n) is 2.51. The molecule has 0 spiro atoms. The number of benzene rings is 1. The molecule has 0 unspecified atom stereocenters. The van der Waals surface area contributed by atoms with Crippen molar-refractivity contribution in [2.45, 2.75) is 6.92 Å². The van der Waals surface area contributed by atoms with Crippen LogP contribution in [0.5, 0.6) is 0 Å². The third-order valence-electron chi connectivity index (χ3n) is 3.84. The topological polar surface area (TPSA) is 64.5 Å². The maximum atomic E-state index is 4.64. The largest absolute Gasteiger partial charge is 0.253 e. The molecule has 0 fully saturated rings. The highest BCUT2D eigenvalue weighted by Crippen LogP contribution is 2.26. The van der Waals surface area contributed by atoms with Gasteiger partial charge in [0.25, 0.3) is 0 Å². The number of aromatic nitrogens is 5. The second-order valence-corrected chi connectivity index (χ2v) is 6.55. The van der Waals surface area contributed by atoms with Gasteiger partial charge in [0, 0.05) is 22.4 Å². The van der Waals surface area contributed by atoms with Gasteiger partial charge in [0.15, 0.2) is 17.5 Å². The first kappa shape index (κ1) is 16.5. The van der Waals surface area contributed by atoms with E-state index in [4.69, 9.17) is 0 Å². The van der Waals surface area contributed by atoms with Crippen LogP contribution in [-0.2, 0) is 0 Å². The maximum absolute atomic E-state index is 4.64. The highest BCUT2D eigenvalue weighted by atomic mass is 79.9. The van der Waals surface area contributed by atoms with E-state index in [0.29, 0.717) is 28.9 Å². The Kier molecular flexibility index (Phi) is 4.50. The molecule has 6 heteroatoms. The molecule has 3 aromatic heterocycles. The maximum Gasteiger partial charge on any atom is 0.182 e. The Labute approximate surface area is 159 Å². The summed E-state index contributed by atoms with van der Waals surface area (Å²) in [5.41, 5.74) is 3.42. The third-order valence-corrected chi connectivity index (χ3v) is 4.73. The highest BCUT2D eigenvalue weighted by Gasteiger charge is 2.13. The van der Waals surface area contributed by atoms with Crippen molar-refractivity contribution in [2.75, 3.05) is 0 Å². The molecular formula is C20H14BrN5. The fraction of sp³-hybridized carbons (Fsp3) is 0.0500. The Hall–Kier alpha value is -2.99. The van der Waals surface area contributed by atoms with Crippen molar-refractivity contribution in [1.29, 1.82) is 0 Å². The molecule has 0 radical (unpaired) electrons. The zero-order valence-corrected chi connectivity index (χ0v) is 15.6. The monoisotopic (exact) mass is 403 g/mol. The van der Waals surface area contributed by atoms with Crippen LogP contribution in [0.1, 0.15) is 5.56 Å². The molecular weight excluding hydrogens is 390 g/mol. The first-order valence-electron chi connectivity index (χ1n) is 8.06. The lowest BCUT2D eigenvalue weighted by molar-refractivity contribution is 1.04. The summed E-state index contributed by atoms with van der Waals surface area (Å²) in [4.78, 5) is 22.6. The molecule has 0 amide bonds. The number of rotatable bonds is 3. The average Bonchev–Trinajstić information content (AvgIpc) is 2.71. The van der Waals surface area contributed by atoms with Gasteiger partial charge in [0.05, 0.1) is 0 Å². The van der Waals surface area contributed by atoms with E-state index < -0.39 is 0 Å². The van der Waals surface area contributed by atoms with E-state index in [9.17, 15) is 0 Å². The summed E-state index contributed by atoms with van der Waals surface area (Å²) in [5.74, 6) is 1.64. The smallest absolute Gasteiger partial charge is 0.182 e. The standard InChI is InChI=1S/C20H14BrN5/c1-13-12-14(8-9-15(13)21)18-24-19(16-6-2-4-10-22-16)26-20(25-18)17-7-3-5-11-23-17/h2-12H,1H3. The van der Waals surface area contributed by atoms with Crippen molar-refractivity contribution in [1.82, 2.24) is 24.9 Å². The van der Waals surface area contributed by atoms with E-state index in [1.165, 1.54) is 0 Å². The lowest BCUT2D eigenvalue weighted by atomic mass is 10.1. The van der Waals surface area contributed by atoms with E-state index >= 15 is 0 Å². The molecule has 4 aromatic rings. The minimum Gasteiger partial charge on any atom is -0.253 e. The van der Waals surface area contributed by atoms with Gasteiger partial charge in [-0.3, -0.25) is 9.97 Å². The van der Waals surface area contributed by atoms with Crippen LogP contribution >= 0.6 is 15.9 Å². The molecule has 0 aliphatic rings. The predicted octanol–water partition coefficient (Wildman–Crippen LogP) is 4.73. The molecule has 0 bridgehead atoms. The Bertz CT molecular complexity index is 995. The summed E-state index contributed by atoms with van der Waals surface area (Å²) in [6.07, 6.45) is 3.45. The third kappa shape index (κ3) is 3.36. The van der Waals surface area contributed by atoms with Gasteiger partial charge in [-0.15, -0.1) is 0 Å². The first-order chi connectivity index (χ1) is 12.7. The van der Waals surface area contributed by atoms with Crippen molar-refractivity contribution in [2.24, 2.45) is 0 Å². The lowest BCUT2D eigenvalue weighted by Crippen LogP contribution is -2.01. The van der Waals surface area contributed by atoms with E-state index in [1.807, 2.05) is 61.5 Å². The summed E-state index contributed by atoms with van der Waals surface area (Å²) in [6, 6.07) is 17.3. The quantitative estimate of drug-likeness (QED) is 0.494. The number of hydrogen-bond acceptors (Lipinski definition) is 5. The van der Waals surface area contributed by atoms with Crippen LogP contribution in [0.4, 0.5) is 0 Å². The minimum atomic E-state index is 0.525. The zero-order valence-electron chi connectivity index (χ0n) is 14.0. The summed E-state index contributed by atoms with van der Waals surface area (Å²) >= 11 is 3.53. The molecule has 4 rings (SSSR count). The van der Waals surface area contributed by atoms with Crippen LogP contribution < -0.4 is 0 Å². The fourth-order valence-corrected chi connectivity index (χ4v) is 2.75. The summed E-state index contributed by atoms with van der Waals surface area (Å²) in [6.45, 7) is 2.04. The van der Waals surface area contributed by atoms with Gasteiger partial charge in [0.1, 0.15) is 11.4 Å². The minimum absolute atomic E-state index is 0.525. The van der Waals surface area contributed by atoms with Crippen molar-refractivity contribution >= 4 is 15.9 Å². The van der Waals surface area contributed by atoms with Crippen LogP contribution in [-0.4, -0.2) is 24.9 Å². The van der Waals surface area contributed by atoms with Crippen LogP contribution in [0.25, 0.3) is 34.4 Å². The van der Waals surface area contributed by atoms with E-state index in [-0.39, 0.29) is 0 Å². The Morgan fingerprint density at radius 2 is 1.27 bits per heavy atom. The number of aryl methyl sites for hydroxylation is 1. The number of halogens is 1. The summed E-state index contributed by atoms with van der Waals surface area (Å²) in [5, 5.41) is 0. The lowest BCUT2D eigenvalue weighted by Gasteiger charge is -2.08. The van der Waals surface area contributed by atoms with Crippen molar-refractivity contribution in [3.05, 3.63) is 77.0 Å². The van der Waals surface area contributed by atoms with Crippen LogP contribution in [0.3, 0.4) is 0 Å². The molecule has 0 saturated carbocycles. The van der Waals surface area contributed by atoms with Gasteiger partial charge in [-0.05, 0) is 48.9 Å². The van der Waals surface area contributed by atoms with Gasteiger partial charge in [-0.1, -0.05) is 34.1 Å². The predicted molar refractivity (Wildman–Crippen MR) is 104 cm³/mol.